The van der Waals surface area contributed by atoms with E-state index in [2.05, 4.69) is 48.4 Å². The lowest BCUT2D eigenvalue weighted by atomic mass is 9.98. The predicted molar refractivity (Wildman–Crippen MR) is 108 cm³/mol. The summed E-state index contributed by atoms with van der Waals surface area (Å²) < 4.78 is 5.44. The summed E-state index contributed by atoms with van der Waals surface area (Å²) in [6, 6.07) is 0. The molecule has 1 N–H and O–H groups in total. The molecule has 1 atom stereocenters. The Balaban J connectivity index is 0.00000264. The maximum atomic E-state index is 5.44. The smallest absolute Gasteiger partial charge is 0.193 e. The first kappa shape index (κ1) is 20.6. The molecular formula is C16H29IN4OS. The van der Waals surface area contributed by atoms with Gasteiger partial charge in [-0.05, 0) is 6.42 Å². The Bertz CT molecular complexity index is 506. The number of hydrogen-bond acceptors (Lipinski definition) is 4. The molecule has 0 aromatic carbocycles. The lowest BCUT2D eigenvalue weighted by Crippen LogP contribution is -2.41. The molecule has 2 rings (SSSR count). The van der Waals surface area contributed by atoms with E-state index in [0.29, 0.717) is 12.5 Å². The van der Waals surface area contributed by atoms with Crippen molar-refractivity contribution in [3.05, 3.63) is 16.1 Å². The topological polar surface area (TPSA) is 49.8 Å². The van der Waals surface area contributed by atoms with E-state index < -0.39 is 0 Å². The average Bonchev–Trinajstić information content (AvgIpc) is 3.09. The number of halogens is 1. The van der Waals surface area contributed by atoms with Gasteiger partial charge in [-0.3, -0.25) is 4.99 Å². The van der Waals surface area contributed by atoms with E-state index in [-0.39, 0.29) is 29.4 Å². The van der Waals surface area contributed by atoms with E-state index in [0.717, 1.165) is 37.8 Å². The number of thiazole rings is 1. The van der Waals surface area contributed by atoms with Crippen molar-refractivity contribution >= 4 is 41.3 Å². The first-order valence-electron chi connectivity index (χ1n) is 7.84. The Labute approximate surface area is 160 Å². The van der Waals surface area contributed by atoms with Crippen molar-refractivity contribution in [2.45, 2.75) is 39.2 Å². The molecule has 1 fully saturated rings. The Kier molecular flexibility index (Phi) is 8.23. The van der Waals surface area contributed by atoms with Crippen LogP contribution in [-0.4, -0.2) is 49.7 Å². The van der Waals surface area contributed by atoms with Crippen LogP contribution >= 0.6 is 35.3 Å². The summed E-state index contributed by atoms with van der Waals surface area (Å²) in [6.45, 7) is 10.0. The standard InChI is InChI=1S/C16H28N4OS.HI/c1-16(2,3)14-19-13(11-22-14)8-18-15(17-4)20(5)9-12-6-7-21-10-12;/h11-12H,6-10H2,1-5H3,(H,17,18);1H. The third-order valence-electron chi connectivity index (χ3n) is 3.75. The molecule has 0 spiro atoms. The highest BCUT2D eigenvalue weighted by molar-refractivity contribution is 14.0. The number of nitrogens with one attached hydrogen (secondary N) is 1. The van der Waals surface area contributed by atoms with Crippen molar-refractivity contribution in [2.75, 3.05) is 33.9 Å². The van der Waals surface area contributed by atoms with E-state index in [1.54, 1.807) is 11.3 Å². The molecule has 1 aromatic heterocycles. The van der Waals surface area contributed by atoms with Gasteiger partial charge >= 0.3 is 0 Å². The second-order valence-electron chi connectivity index (χ2n) is 6.90. The summed E-state index contributed by atoms with van der Waals surface area (Å²) in [5.41, 5.74) is 1.19. The first-order chi connectivity index (χ1) is 10.4. The number of nitrogens with zero attached hydrogens (tertiary/aromatic N) is 3. The SMILES string of the molecule is CN=C(NCc1csc(C(C)(C)C)n1)N(C)CC1CCOC1.I. The molecule has 23 heavy (non-hydrogen) atoms. The van der Waals surface area contributed by atoms with Gasteiger partial charge in [0.15, 0.2) is 5.96 Å². The maximum Gasteiger partial charge on any atom is 0.193 e. The minimum absolute atomic E-state index is 0. The largest absolute Gasteiger partial charge is 0.381 e. The number of rotatable bonds is 4. The zero-order valence-corrected chi connectivity index (χ0v) is 17.9. The summed E-state index contributed by atoms with van der Waals surface area (Å²) in [5, 5.41) is 6.71. The van der Waals surface area contributed by atoms with Gasteiger partial charge in [-0.1, -0.05) is 20.8 Å². The van der Waals surface area contributed by atoms with Gasteiger partial charge in [-0.2, -0.15) is 0 Å². The Morgan fingerprint density at radius 1 is 1.52 bits per heavy atom. The molecule has 1 aromatic rings. The average molecular weight is 452 g/mol. The van der Waals surface area contributed by atoms with E-state index >= 15 is 0 Å². The first-order valence-corrected chi connectivity index (χ1v) is 8.72. The van der Waals surface area contributed by atoms with Crippen LogP contribution < -0.4 is 5.32 Å². The van der Waals surface area contributed by atoms with Crippen LogP contribution in [0.15, 0.2) is 10.4 Å². The van der Waals surface area contributed by atoms with Gasteiger partial charge in [0.25, 0.3) is 0 Å². The highest BCUT2D eigenvalue weighted by atomic mass is 127. The van der Waals surface area contributed by atoms with Crippen LogP contribution in [0.5, 0.6) is 0 Å². The summed E-state index contributed by atoms with van der Waals surface area (Å²) >= 11 is 1.73. The lowest BCUT2D eigenvalue weighted by molar-refractivity contribution is 0.181. The molecule has 1 unspecified atom stereocenters. The summed E-state index contributed by atoms with van der Waals surface area (Å²) in [7, 11) is 3.90. The van der Waals surface area contributed by atoms with E-state index in [1.165, 1.54) is 5.01 Å². The molecule has 1 aliphatic rings. The molecule has 132 valence electrons. The van der Waals surface area contributed by atoms with Crippen LogP contribution in [0.2, 0.25) is 0 Å². The number of aromatic nitrogens is 1. The van der Waals surface area contributed by atoms with Gasteiger partial charge in [0.05, 0.1) is 23.9 Å². The van der Waals surface area contributed by atoms with Gasteiger partial charge in [0.2, 0.25) is 0 Å². The molecule has 1 aliphatic heterocycles. The molecule has 0 aliphatic carbocycles. The van der Waals surface area contributed by atoms with E-state index in [4.69, 9.17) is 9.72 Å². The maximum absolute atomic E-state index is 5.44. The quantitative estimate of drug-likeness (QED) is 0.434. The minimum Gasteiger partial charge on any atom is -0.381 e. The highest BCUT2D eigenvalue weighted by Gasteiger charge is 2.20. The normalized spacial score (nSPS) is 18.7. The molecule has 0 bridgehead atoms. The molecule has 0 saturated carbocycles. The molecule has 0 radical (unpaired) electrons. The predicted octanol–water partition coefficient (Wildman–Crippen LogP) is 3.10. The van der Waals surface area contributed by atoms with Crippen molar-refractivity contribution in [1.29, 1.82) is 0 Å². The second-order valence-corrected chi connectivity index (χ2v) is 7.76. The number of ether oxygens (including phenoxy) is 1. The fourth-order valence-corrected chi connectivity index (χ4v) is 3.40. The zero-order valence-electron chi connectivity index (χ0n) is 14.8. The van der Waals surface area contributed by atoms with Crippen LogP contribution in [0.1, 0.15) is 37.9 Å². The van der Waals surface area contributed by atoms with Gasteiger partial charge in [0.1, 0.15) is 0 Å². The molecule has 7 heteroatoms. The van der Waals surface area contributed by atoms with Crippen LogP contribution in [0, 0.1) is 5.92 Å². The van der Waals surface area contributed by atoms with Crippen molar-refractivity contribution in [3.8, 4) is 0 Å². The Morgan fingerprint density at radius 2 is 2.26 bits per heavy atom. The fourth-order valence-electron chi connectivity index (χ4n) is 2.49. The Morgan fingerprint density at radius 3 is 2.78 bits per heavy atom. The summed E-state index contributed by atoms with van der Waals surface area (Å²) in [4.78, 5) is 11.3. The molecular weight excluding hydrogens is 423 g/mol. The van der Waals surface area contributed by atoms with Crippen molar-refractivity contribution in [3.63, 3.8) is 0 Å². The third-order valence-corrected chi connectivity index (χ3v) is 5.07. The number of hydrogen-bond donors (Lipinski definition) is 1. The van der Waals surface area contributed by atoms with Crippen LogP contribution in [-0.2, 0) is 16.7 Å². The number of aliphatic imine (C=N–C) groups is 1. The summed E-state index contributed by atoms with van der Waals surface area (Å²) in [6.07, 6.45) is 1.14. The third kappa shape index (κ3) is 6.19. The van der Waals surface area contributed by atoms with E-state index in [1.807, 2.05) is 7.05 Å². The lowest BCUT2D eigenvalue weighted by Gasteiger charge is -2.24. The molecule has 2 heterocycles. The number of guanidine groups is 1. The van der Waals surface area contributed by atoms with Crippen molar-refractivity contribution in [2.24, 2.45) is 10.9 Å². The van der Waals surface area contributed by atoms with Crippen molar-refractivity contribution < 1.29 is 4.74 Å². The monoisotopic (exact) mass is 452 g/mol. The molecule has 1 saturated heterocycles. The zero-order chi connectivity index (χ0) is 16.2. The molecule has 0 amide bonds. The van der Waals surface area contributed by atoms with E-state index in [9.17, 15) is 0 Å². The van der Waals surface area contributed by atoms with Crippen LogP contribution in [0.25, 0.3) is 0 Å². The van der Waals surface area contributed by atoms with Gasteiger partial charge in [-0.15, -0.1) is 35.3 Å². The second kappa shape index (κ2) is 9.17. The van der Waals surface area contributed by atoms with Gasteiger partial charge in [-0.25, -0.2) is 4.98 Å². The highest BCUT2D eigenvalue weighted by Crippen LogP contribution is 2.25. The summed E-state index contributed by atoms with van der Waals surface area (Å²) in [5.74, 6) is 1.52. The van der Waals surface area contributed by atoms with Crippen LogP contribution in [0.4, 0.5) is 0 Å². The van der Waals surface area contributed by atoms with Gasteiger partial charge in [0, 0.05) is 44.0 Å². The van der Waals surface area contributed by atoms with Crippen molar-refractivity contribution in [1.82, 2.24) is 15.2 Å². The Hall–Kier alpha value is -0.410. The molecule has 5 nitrogen and oxygen atoms in total. The fraction of sp³-hybridized carbons (Fsp3) is 0.750. The van der Waals surface area contributed by atoms with Crippen LogP contribution in [0.3, 0.4) is 0 Å². The minimum atomic E-state index is 0. The van der Waals surface area contributed by atoms with Gasteiger partial charge < -0.3 is 15.0 Å².